The van der Waals surface area contributed by atoms with E-state index in [0.29, 0.717) is 12.3 Å². The van der Waals surface area contributed by atoms with E-state index in [0.717, 1.165) is 22.8 Å². The van der Waals surface area contributed by atoms with Crippen LogP contribution >= 0.6 is 0 Å². The van der Waals surface area contributed by atoms with E-state index in [9.17, 15) is 0 Å². The van der Waals surface area contributed by atoms with Crippen molar-refractivity contribution < 1.29 is 4.74 Å². The second-order valence-corrected chi connectivity index (χ2v) is 4.82. The lowest BCUT2D eigenvalue weighted by Crippen LogP contribution is -2.07. The standard InChI is InChI=1S/C15H19N3O/c1-10(2)15-17-9-14(13(8-16)18-15)19-12-6-4-5-11(3)7-12/h4-7,9-10H,8,16H2,1-3H3. The molecule has 2 N–H and O–H groups in total. The molecule has 0 fully saturated rings. The lowest BCUT2D eigenvalue weighted by molar-refractivity contribution is 0.467. The van der Waals surface area contributed by atoms with E-state index in [1.807, 2.05) is 31.2 Å². The first-order chi connectivity index (χ1) is 9.10. The summed E-state index contributed by atoms with van der Waals surface area (Å²) in [5.74, 6) is 2.46. The Morgan fingerprint density at radius 3 is 2.74 bits per heavy atom. The molecule has 19 heavy (non-hydrogen) atoms. The molecule has 0 saturated heterocycles. The number of aryl methyl sites for hydroxylation is 1. The molecule has 0 bridgehead atoms. The van der Waals surface area contributed by atoms with Crippen LogP contribution < -0.4 is 10.5 Å². The summed E-state index contributed by atoms with van der Waals surface area (Å²) in [6, 6.07) is 7.85. The summed E-state index contributed by atoms with van der Waals surface area (Å²) in [5, 5.41) is 0. The number of aromatic nitrogens is 2. The highest BCUT2D eigenvalue weighted by atomic mass is 16.5. The zero-order valence-electron chi connectivity index (χ0n) is 11.6. The first-order valence-corrected chi connectivity index (χ1v) is 6.40. The van der Waals surface area contributed by atoms with Crippen LogP contribution in [0.5, 0.6) is 11.5 Å². The van der Waals surface area contributed by atoms with Gasteiger partial charge in [0.25, 0.3) is 0 Å². The maximum Gasteiger partial charge on any atom is 0.168 e. The summed E-state index contributed by atoms with van der Waals surface area (Å²) in [4.78, 5) is 8.76. The van der Waals surface area contributed by atoms with Gasteiger partial charge in [-0.25, -0.2) is 9.97 Å². The van der Waals surface area contributed by atoms with Crippen LogP contribution in [0.2, 0.25) is 0 Å². The predicted octanol–water partition coefficient (Wildman–Crippen LogP) is 3.16. The number of hydrogen-bond donors (Lipinski definition) is 1. The fourth-order valence-electron chi connectivity index (χ4n) is 1.74. The molecule has 4 heteroatoms. The van der Waals surface area contributed by atoms with Gasteiger partial charge < -0.3 is 10.5 Å². The van der Waals surface area contributed by atoms with Gasteiger partial charge >= 0.3 is 0 Å². The molecular weight excluding hydrogens is 238 g/mol. The third-order valence-corrected chi connectivity index (χ3v) is 2.78. The predicted molar refractivity (Wildman–Crippen MR) is 75.3 cm³/mol. The third-order valence-electron chi connectivity index (χ3n) is 2.78. The van der Waals surface area contributed by atoms with Gasteiger partial charge in [0.1, 0.15) is 17.3 Å². The molecule has 0 amide bonds. The summed E-state index contributed by atoms with van der Waals surface area (Å²) >= 11 is 0. The van der Waals surface area contributed by atoms with E-state index in [-0.39, 0.29) is 5.92 Å². The van der Waals surface area contributed by atoms with Crippen molar-refractivity contribution in [2.24, 2.45) is 5.73 Å². The monoisotopic (exact) mass is 257 g/mol. The van der Waals surface area contributed by atoms with Crippen molar-refractivity contribution in [3.63, 3.8) is 0 Å². The van der Waals surface area contributed by atoms with E-state index >= 15 is 0 Å². The first-order valence-electron chi connectivity index (χ1n) is 6.40. The summed E-state index contributed by atoms with van der Waals surface area (Å²) in [6.07, 6.45) is 1.70. The SMILES string of the molecule is Cc1cccc(Oc2cnc(C(C)C)nc2CN)c1. The number of nitrogens with two attached hydrogens (primary N) is 1. The number of hydrogen-bond acceptors (Lipinski definition) is 4. The van der Waals surface area contributed by atoms with Crippen molar-refractivity contribution >= 4 is 0 Å². The van der Waals surface area contributed by atoms with E-state index in [1.165, 1.54) is 0 Å². The Morgan fingerprint density at radius 2 is 2.11 bits per heavy atom. The molecule has 1 heterocycles. The Bertz CT molecular complexity index is 567. The Morgan fingerprint density at radius 1 is 1.32 bits per heavy atom. The normalized spacial score (nSPS) is 10.8. The number of benzene rings is 1. The Kier molecular flexibility index (Phi) is 4.12. The molecule has 4 nitrogen and oxygen atoms in total. The lowest BCUT2D eigenvalue weighted by Gasteiger charge is -2.11. The maximum atomic E-state index is 5.81. The van der Waals surface area contributed by atoms with Crippen LogP contribution in [-0.2, 0) is 6.54 Å². The lowest BCUT2D eigenvalue weighted by atomic mass is 10.2. The number of nitrogens with zero attached hydrogens (tertiary/aromatic N) is 2. The zero-order chi connectivity index (χ0) is 13.8. The van der Waals surface area contributed by atoms with Gasteiger partial charge in [-0.05, 0) is 24.6 Å². The van der Waals surface area contributed by atoms with Gasteiger partial charge in [-0.2, -0.15) is 0 Å². The van der Waals surface area contributed by atoms with Gasteiger partial charge in [0.2, 0.25) is 0 Å². The van der Waals surface area contributed by atoms with Crippen molar-refractivity contribution in [1.82, 2.24) is 9.97 Å². The molecule has 0 aliphatic rings. The van der Waals surface area contributed by atoms with E-state index in [4.69, 9.17) is 10.5 Å². The minimum atomic E-state index is 0.276. The minimum Gasteiger partial charge on any atom is -0.454 e. The van der Waals surface area contributed by atoms with Crippen LogP contribution in [0.25, 0.3) is 0 Å². The van der Waals surface area contributed by atoms with Crippen molar-refractivity contribution in [2.75, 3.05) is 0 Å². The van der Waals surface area contributed by atoms with Crippen LogP contribution in [0.3, 0.4) is 0 Å². The fourth-order valence-corrected chi connectivity index (χ4v) is 1.74. The van der Waals surface area contributed by atoms with Gasteiger partial charge in [-0.15, -0.1) is 0 Å². The molecule has 1 aromatic carbocycles. The second-order valence-electron chi connectivity index (χ2n) is 4.82. The van der Waals surface area contributed by atoms with Gasteiger partial charge in [0.05, 0.1) is 6.20 Å². The average molecular weight is 257 g/mol. The van der Waals surface area contributed by atoms with Crippen LogP contribution in [0.1, 0.15) is 36.8 Å². The fraction of sp³-hybridized carbons (Fsp3) is 0.333. The highest BCUT2D eigenvalue weighted by molar-refractivity contribution is 5.34. The highest BCUT2D eigenvalue weighted by Gasteiger charge is 2.10. The first kappa shape index (κ1) is 13.5. The van der Waals surface area contributed by atoms with Crippen molar-refractivity contribution in [3.05, 3.63) is 47.5 Å². The van der Waals surface area contributed by atoms with Crippen molar-refractivity contribution in [3.8, 4) is 11.5 Å². The molecule has 2 rings (SSSR count). The zero-order valence-corrected chi connectivity index (χ0v) is 11.6. The summed E-state index contributed by atoms with van der Waals surface area (Å²) in [6.45, 7) is 6.46. The van der Waals surface area contributed by atoms with E-state index in [2.05, 4.69) is 23.8 Å². The molecular formula is C15H19N3O. The van der Waals surface area contributed by atoms with Crippen LogP contribution in [-0.4, -0.2) is 9.97 Å². The van der Waals surface area contributed by atoms with Gasteiger partial charge in [-0.3, -0.25) is 0 Å². The molecule has 100 valence electrons. The molecule has 0 unspecified atom stereocenters. The molecule has 0 atom stereocenters. The number of rotatable bonds is 4. The molecule has 0 spiro atoms. The largest absolute Gasteiger partial charge is 0.454 e. The molecule has 0 saturated carbocycles. The Hall–Kier alpha value is -1.94. The summed E-state index contributed by atoms with van der Waals surface area (Å²) in [5.41, 5.74) is 7.61. The topological polar surface area (TPSA) is 61.0 Å². The average Bonchev–Trinajstić information content (AvgIpc) is 2.39. The van der Waals surface area contributed by atoms with Crippen molar-refractivity contribution in [2.45, 2.75) is 33.2 Å². The second kappa shape index (κ2) is 5.80. The number of ether oxygens (including phenoxy) is 1. The minimum absolute atomic E-state index is 0.276. The molecule has 0 radical (unpaired) electrons. The molecule has 2 aromatic rings. The maximum absolute atomic E-state index is 5.81. The third kappa shape index (κ3) is 3.29. The highest BCUT2D eigenvalue weighted by Crippen LogP contribution is 2.25. The van der Waals surface area contributed by atoms with E-state index < -0.39 is 0 Å². The van der Waals surface area contributed by atoms with Crippen LogP contribution in [0, 0.1) is 6.92 Å². The Balaban J connectivity index is 2.29. The van der Waals surface area contributed by atoms with Crippen LogP contribution in [0.15, 0.2) is 30.5 Å². The smallest absolute Gasteiger partial charge is 0.168 e. The van der Waals surface area contributed by atoms with Crippen LogP contribution in [0.4, 0.5) is 0 Å². The van der Waals surface area contributed by atoms with E-state index in [1.54, 1.807) is 6.20 Å². The Labute approximate surface area is 113 Å². The van der Waals surface area contributed by atoms with Gasteiger partial charge in [-0.1, -0.05) is 26.0 Å². The van der Waals surface area contributed by atoms with Crippen molar-refractivity contribution in [1.29, 1.82) is 0 Å². The van der Waals surface area contributed by atoms with Gasteiger partial charge in [0.15, 0.2) is 5.75 Å². The summed E-state index contributed by atoms with van der Waals surface area (Å²) < 4.78 is 5.81. The molecule has 0 aliphatic carbocycles. The molecule has 0 aliphatic heterocycles. The quantitative estimate of drug-likeness (QED) is 0.914. The summed E-state index contributed by atoms with van der Waals surface area (Å²) in [7, 11) is 0. The van der Waals surface area contributed by atoms with Gasteiger partial charge in [0, 0.05) is 12.5 Å². The molecule has 1 aromatic heterocycles.